The Morgan fingerprint density at radius 2 is 1.81 bits per heavy atom. The lowest BCUT2D eigenvalue weighted by Crippen LogP contribution is -2.50. The number of hydrogen-bond donors (Lipinski definition) is 1. The van der Waals surface area contributed by atoms with Gasteiger partial charge in [0, 0.05) is 45.9 Å². The summed E-state index contributed by atoms with van der Waals surface area (Å²) in [4.78, 5) is 29.0. The maximum atomic E-state index is 13.1. The van der Waals surface area contributed by atoms with Crippen molar-refractivity contribution in [2.45, 2.75) is 19.6 Å². The lowest BCUT2D eigenvalue weighted by molar-refractivity contribution is -0.142. The van der Waals surface area contributed by atoms with Crippen LogP contribution >= 0.6 is 23.2 Å². The zero-order valence-corrected chi connectivity index (χ0v) is 21.4. The number of carbonyl (C=O) groups excluding carboxylic acids is 2. The first-order chi connectivity index (χ1) is 17.0. The van der Waals surface area contributed by atoms with E-state index in [9.17, 15) is 22.8 Å². The average Bonchev–Trinajstić information content (AvgIpc) is 3.13. The van der Waals surface area contributed by atoms with Crippen molar-refractivity contribution in [1.29, 1.82) is 0 Å². The van der Waals surface area contributed by atoms with Crippen LogP contribution in [0.1, 0.15) is 21.7 Å². The molecule has 1 aliphatic heterocycles. The maximum Gasteiger partial charge on any atom is 0.436 e. The third-order valence-electron chi connectivity index (χ3n) is 5.77. The van der Waals surface area contributed by atoms with Crippen molar-refractivity contribution < 1.29 is 32.2 Å². The van der Waals surface area contributed by atoms with E-state index >= 15 is 0 Å². The van der Waals surface area contributed by atoms with Crippen molar-refractivity contribution in [2.24, 2.45) is 0 Å². The molecule has 2 aromatic rings. The molecule has 3 rings (SSSR count). The van der Waals surface area contributed by atoms with E-state index in [0.717, 1.165) is 4.68 Å². The molecule has 0 saturated carbocycles. The molecule has 0 aliphatic carbocycles. The van der Waals surface area contributed by atoms with Crippen molar-refractivity contribution in [1.82, 2.24) is 20.0 Å². The number of hydrogen-bond acceptors (Lipinski definition) is 6. The summed E-state index contributed by atoms with van der Waals surface area (Å²) in [5.74, 6) is -0.335. The first-order valence-electron chi connectivity index (χ1n) is 10.9. The Kier molecular flexibility index (Phi) is 8.96. The van der Waals surface area contributed by atoms with Gasteiger partial charge in [0.15, 0.2) is 5.69 Å². The van der Waals surface area contributed by atoms with Crippen molar-refractivity contribution in [2.75, 3.05) is 58.5 Å². The zero-order valence-electron chi connectivity index (χ0n) is 19.9. The van der Waals surface area contributed by atoms with Gasteiger partial charge in [-0.1, -0.05) is 23.2 Å². The van der Waals surface area contributed by atoms with Crippen LogP contribution in [-0.2, 0) is 22.3 Å². The SMILES string of the molecule is COCCNC(=O)c1cc(Cl)c(OC)cc1N1CCN(C(=O)Cn2nc(C(F)(F)F)c(Cl)c2C)CC1. The zero-order chi connectivity index (χ0) is 26.6. The lowest BCUT2D eigenvalue weighted by atomic mass is 10.1. The van der Waals surface area contributed by atoms with Gasteiger partial charge in [-0.3, -0.25) is 14.3 Å². The van der Waals surface area contributed by atoms with Crippen molar-refractivity contribution >= 4 is 40.7 Å². The normalized spacial score (nSPS) is 14.2. The Balaban J connectivity index is 1.72. The Morgan fingerprint density at radius 3 is 2.36 bits per heavy atom. The molecule has 1 saturated heterocycles. The molecule has 14 heteroatoms. The first-order valence-corrected chi connectivity index (χ1v) is 11.7. The number of carbonyl (C=O) groups is 2. The molecule has 9 nitrogen and oxygen atoms in total. The summed E-state index contributed by atoms with van der Waals surface area (Å²) >= 11 is 12.0. The number of piperazine rings is 1. The largest absolute Gasteiger partial charge is 0.495 e. The number of aromatic nitrogens is 2. The highest BCUT2D eigenvalue weighted by atomic mass is 35.5. The number of anilines is 1. The summed E-state index contributed by atoms with van der Waals surface area (Å²) in [6.45, 7) is 2.99. The predicted octanol–water partition coefficient (Wildman–Crippen LogP) is 3.25. The second-order valence-electron chi connectivity index (χ2n) is 8.02. The number of rotatable bonds is 8. The van der Waals surface area contributed by atoms with E-state index < -0.39 is 22.8 Å². The molecule has 1 aromatic heterocycles. The van der Waals surface area contributed by atoms with Crippen LogP contribution in [0, 0.1) is 6.92 Å². The molecule has 0 atom stereocenters. The van der Waals surface area contributed by atoms with Crippen molar-refractivity contribution in [3.05, 3.63) is 39.1 Å². The van der Waals surface area contributed by atoms with Gasteiger partial charge < -0.3 is 24.6 Å². The lowest BCUT2D eigenvalue weighted by Gasteiger charge is -2.37. The van der Waals surface area contributed by atoms with E-state index in [0.29, 0.717) is 43.2 Å². The second kappa shape index (κ2) is 11.6. The number of halogens is 5. The second-order valence-corrected chi connectivity index (χ2v) is 8.81. The molecule has 0 radical (unpaired) electrons. The van der Waals surface area contributed by atoms with Crippen LogP contribution in [0.15, 0.2) is 12.1 Å². The van der Waals surface area contributed by atoms with Crippen LogP contribution in [0.4, 0.5) is 18.9 Å². The molecule has 2 amide bonds. The third-order valence-corrected chi connectivity index (χ3v) is 6.51. The summed E-state index contributed by atoms with van der Waals surface area (Å²) in [5.41, 5.74) is -0.221. The van der Waals surface area contributed by atoms with Gasteiger partial charge >= 0.3 is 6.18 Å². The standard InChI is InChI=1S/C22H26Cl2F3N5O4/c1-13-19(24)20(22(25,26)27)29-32(13)12-18(33)31-7-5-30(6-8-31)16-11-17(36-3)15(23)10-14(16)21(34)28-4-9-35-2/h10-11H,4-9,12H2,1-3H3,(H,28,34). The molecule has 2 heterocycles. The summed E-state index contributed by atoms with van der Waals surface area (Å²) in [6.07, 6.45) is -4.71. The minimum absolute atomic E-state index is 0.0633. The van der Waals surface area contributed by atoms with Gasteiger partial charge in [0.25, 0.3) is 5.91 Å². The Labute approximate surface area is 216 Å². The minimum Gasteiger partial charge on any atom is -0.495 e. The molecule has 0 bridgehead atoms. The number of nitrogens with one attached hydrogen (secondary N) is 1. The van der Waals surface area contributed by atoms with Crippen LogP contribution < -0.4 is 15.0 Å². The molecule has 1 aliphatic rings. The summed E-state index contributed by atoms with van der Waals surface area (Å²) in [6, 6.07) is 3.19. The van der Waals surface area contributed by atoms with Gasteiger partial charge in [-0.25, -0.2) is 0 Å². The number of benzene rings is 1. The van der Waals surface area contributed by atoms with Gasteiger partial charge in [-0.05, 0) is 13.0 Å². The number of amides is 2. The molecule has 36 heavy (non-hydrogen) atoms. The first kappa shape index (κ1) is 27.9. The molecular weight excluding hydrogens is 526 g/mol. The smallest absolute Gasteiger partial charge is 0.436 e. The number of ether oxygens (including phenoxy) is 2. The Morgan fingerprint density at radius 1 is 1.14 bits per heavy atom. The molecular formula is C22H26Cl2F3N5O4. The topological polar surface area (TPSA) is 88.9 Å². The number of nitrogens with zero attached hydrogens (tertiary/aromatic N) is 4. The van der Waals surface area contributed by atoms with Gasteiger partial charge in [-0.15, -0.1) is 0 Å². The van der Waals surface area contributed by atoms with Crippen LogP contribution in [0.3, 0.4) is 0 Å². The van der Waals surface area contributed by atoms with Crippen LogP contribution in [0.2, 0.25) is 10.0 Å². The van der Waals surface area contributed by atoms with Crippen LogP contribution in [0.25, 0.3) is 0 Å². The van der Waals surface area contributed by atoms with Gasteiger partial charge in [0.05, 0.1) is 40.7 Å². The monoisotopic (exact) mass is 551 g/mol. The fraction of sp³-hybridized carbons (Fsp3) is 0.500. The summed E-state index contributed by atoms with van der Waals surface area (Å²) < 4.78 is 50.5. The van der Waals surface area contributed by atoms with Crippen LogP contribution in [-0.4, -0.2) is 80.0 Å². The van der Waals surface area contributed by atoms with E-state index in [1.807, 2.05) is 4.90 Å². The predicted molar refractivity (Wildman–Crippen MR) is 128 cm³/mol. The highest BCUT2D eigenvalue weighted by molar-refractivity contribution is 6.32. The highest BCUT2D eigenvalue weighted by Crippen LogP contribution is 2.36. The summed E-state index contributed by atoms with van der Waals surface area (Å²) in [5, 5.41) is 6.01. The quantitative estimate of drug-likeness (QED) is 0.506. The fourth-order valence-electron chi connectivity index (χ4n) is 3.79. The Bertz CT molecular complexity index is 1120. The highest BCUT2D eigenvalue weighted by Gasteiger charge is 2.38. The Hall–Kier alpha value is -2.70. The van der Waals surface area contributed by atoms with Crippen molar-refractivity contribution in [3.8, 4) is 5.75 Å². The average molecular weight is 552 g/mol. The van der Waals surface area contributed by atoms with Gasteiger partial charge in [0.2, 0.25) is 5.91 Å². The van der Waals surface area contributed by atoms with E-state index in [2.05, 4.69) is 10.4 Å². The molecule has 1 N–H and O–H groups in total. The van der Waals surface area contributed by atoms with E-state index in [1.54, 1.807) is 6.07 Å². The minimum atomic E-state index is -4.71. The third kappa shape index (κ3) is 6.16. The number of alkyl halides is 3. The molecule has 1 aromatic carbocycles. The van der Waals surface area contributed by atoms with Crippen molar-refractivity contribution in [3.63, 3.8) is 0 Å². The van der Waals surface area contributed by atoms with E-state index in [-0.39, 0.29) is 36.3 Å². The van der Waals surface area contributed by atoms with E-state index in [4.69, 9.17) is 32.7 Å². The van der Waals surface area contributed by atoms with E-state index in [1.165, 1.54) is 32.1 Å². The summed E-state index contributed by atoms with van der Waals surface area (Å²) in [7, 11) is 2.99. The molecule has 198 valence electrons. The van der Waals surface area contributed by atoms with Gasteiger partial charge in [-0.2, -0.15) is 18.3 Å². The fourth-order valence-corrected chi connectivity index (χ4v) is 4.27. The molecule has 0 spiro atoms. The van der Waals surface area contributed by atoms with Gasteiger partial charge in [0.1, 0.15) is 12.3 Å². The molecule has 0 unspecified atom stereocenters. The molecule has 1 fully saturated rings. The van der Waals surface area contributed by atoms with Crippen LogP contribution in [0.5, 0.6) is 5.75 Å². The maximum absolute atomic E-state index is 13.1. The number of methoxy groups -OCH3 is 2.